The van der Waals surface area contributed by atoms with E-state index in [0.29, 0.717) is 12.1 Å². The average Bonchev–Trinajstić information content (AvgIpc) is 2.98. The maximum Gasteiger partial charge on any atom is 0.321 e. The largest absolute Gasteiger partial charge is 0.345 e. The first-order valence-electron chi connectivity index (χ1n) is 9.43. The Morgan fingerprint density at radius 1 is 1.07 bits per heavy atom. The molecule has 0 saturated carbocycles. The fourth-order valence-electron chi connectivity index (χ4n) is 3.15. The molecule has 1 heterocycles. The fraction of sp³-hybridized carbons (Fsp3) is 0.318. The van der Waals surface area contributed by atoms with Gasteiger partial charge in [-0.1, -0.05) is 12.1 Å². The second-order valence-electron chi connectivity index (χ2n) is 7.59. The van der Waals surface area contributed by atoms with E-state index in [2.05, 4.69) is 10.3 Å². The molecule has 0 aliphatic carbocycles. The number of nitrogens with one attached hydrogen (secondary N) is 1. The average molecular weight is 393 g/mol. The van der Waals surface area contributed by atoms with E-state index in [0.717, 1.165) is 33.7 Å². The second-order valence-corrected chi connectivity index (χ2v) is 7.59. The zero-order valence-electron chi connectivity index (χ0n) is 17.8. The van der Waals surface area contributed by atoms with Crippen LogP contribution in [0.5, 0.6) is 0 Å². The highest BCUT2D eigenvalue weighted by Crippen LogP contribution is 2.20. The number of rotatable bonds is 4. The van der Waals surface area contributed by atoms with Crippen LogP contribution in [-0.4, -0.2) is 52.4 Å². The monoisotopic (exact) mass is 393 g/mol. The van der Waals surface area contributed by atoms with Gasteiger partial charge in [0.25, 0.3) is 5.91 Å². The predicted molar refractivity (Wildman–Crippen MR) is 115 cm³/mol. The van der Waals surface area contributed by atoms with Gasteiger partial charge in [-0.25, -0.2) is 9.78 Å². The van der Waals surface area contributed by atoms with E-state index >= 15 is 0 Å². The highest BCUT2D eigenvalue weighted by atomic mass is 16.2. The highest BCUT2D eigenvalue weighted by Gasteiger charge is 2.16. The maximum atomic E-state index is 12.7. The normalized spacial score (nSPS) is 10.8. The molecule has 0 atom stereocenters. The Hall–Kier alpha value is -3.35. The van der Waals surface area contributed by atoms with E-state index in [1.165, 1.54) is 4.90 Å². The molecule has 2 aromatic carbocycles. The Labute approximate surface area is 170 Å². The van der Waals surface area contributed by atoms with Gasteiger partial charge in [-0.2, -0.15) is 0 Å². The van der Waals surface area contributed by atoms with Gasteiger partial charge in [0.2, 0.25) is 0 Å². The van der Waals surface area contributed by atoms with Crippen LogP contribution in [0.15, 0.2) is 36.4 Å². The predicted octanol–water partition coefficient (Wildman–Crippen LogP) is 3.56. The van der Waals surface area contributed by atoms with Crippen molar-refractivity contribution in [2.45, 2.75) is 20.4 Å². The van der Waals surface area contributed by atoms with Crippen molar-refractivity contribution in [3.8, 4) is 0 Å². The zero-order valence-corrected chi connectivity index (χ0v) is 17.8. The van der Waals surface area contributed by atoms with Crippen LogP contribution in [0.2, 0.25) is 0 Å². The Balaban J connectivity index is 1.79. The number of hydrogen-bond donors (Lipinski definition) is 1. The third kappa shape index (κ3) is 4.23. The Morgan fingerprint density at radius 3 is 2.48 bits per heavy atom. The summed E-state index contributed by atoms with van der Waals surface area (Å²) in [5, 5.41) is 2.96. The van der Waals surface area contributed by atoms with Gasteiger partial charge in [-0.3, -0.25) is 4.79 Å². The van der Waals surface area contributed by atoms with Gasteiger partial charge in [0.15, 0.2) is 0 Å². The van der Waals surface area contributed by atoms with Crippen molar-refractivity contribution < 1.29 is 9.59 Å². The van der Waals surface area contributed by atoms with Crippen LogP contribution in [0.3, 0.4) is 0 Å². The van der Waals surface area contributed by atoms with Crippen molar-refractivity contribution in [1.82, 2.24) is 19.4 Å². The van der Waals surface area contributed by atoms with Crippen molar-refractivity contribution in [3.05, 3.63) is 58.9 Å². The molecule has 0 aliphatic heterocycles. The van der Waals surface area contributed by atoms with Gasteiger partial charge < -0.3 is 19.7 Å². The number of amides is 3. The van der Waals surface area contributed by atoms with E-state index in [1.807, 2.05) is 49.7 Å². The number of hydrogen-bond acceptors (Lipinski definition) is 3. The highest BCUT2D eigenvalue weighted by molar-refractivity contribution is 5.97. The van der Waals surface area contributed by atoms with Crippen LogP contribution in [0.1, 0.15) is 27.3 Å². The molecule has 0 spiro atoms. The summed E-state index contributed by atoms with van der Waals surface area (Å²) in [6, 6.07) is 11.2. The number of fused-ring (bicyclic) bond motifs is 1. The third-order valence-electron chi connectivity index (χ3n) is 4.99. The molecule has 0 saturated heterocycles. The number of carbonyl (C=O) groups is 2. The van der Waals surface area contributed by atoms with Crippen LogP contribution in [0, 0.1) is 13.8 Å². The molecule has 0 radical (unpaired) electrons. The van der Waals surface area contributed by atoms with Gasteiger partial charge in [-0.15, -0.1) is 0 Å². The molecular weight excluding hydrogens is 366 g/mol. The van der Waals surface area contributed by atoms with E-state index in [1.54, 1.807) is 38.2 Å². The van der Waals surface area contributed by atoms with Gasteiger partial charge >= 0.3 is 6.03 Å². The minimum Gasteiger partial charge on any atom is -0.345 e. The minimum atomic E-state index is -0.200. The molecule has 3 aromatic rings. The van der Waals surface area contributed by atoms with E-state index < -0.39 is 0 Å². The summed E-state index contributed by atoms with van der Waals surface area (Å²) in [5.41, 5.74) is 5.15. The zero-order chi connectivity index (χ0) is 21.3. The number of benzene rings is 2. The van der Waals surface area contributed by atoms with Crippen molar-refractivity contribution >= 4 is 28.7 Å². The first-order valence-corrected chi connectivity index (χ1v) is 9.43. The third-order valence-corrected chi connectivity index (χ3v) is 4.99. The Kier molecular flexibility index (Phi) is 5.59. The lowest BCUT2D eigenvalue weighted by atomic mass is 10.1. The summed E-state index contributed by atoms with van der Waals surface area (Å²) in [7, 11) is 7.09. The number of carbonyl (C=O) groups excluding carboxylic acids is 2. The van der Waals surface area contributed by atoms with E-state index in [9.17, 15) is 9.59 Å². The standard InChI is InChI=1S/C22H27N5O2/c1-14-7-8-15(2)17(11-14)24-22(29)26(5)13-20-23-18-12-16(21(28)25(3)4)9-10-19(18)27(20)6/h7-12H,13H2,1-6H3,(H,24,29). The second kappa shape index (κ2) is 7.95. The number of anilines is 1. The van der Waals surface area contributed by atoms with Crippen LogP contribution in [-0.2, 0) is 13.6 Å². The van der Waals surface area contributed by atoms with E-state index in [-0.39, 0.29) is 11.9 Å². The summed E-state index contributed by atoms with van der Waals surface area (Å²) in [6.45, 7) is 4.31. The SMILES string of the molecule is Cc1ccc(C)c(NC(=O)N(C)Cc2nc3cc(C(=O)N(C)C)ccc3n2C)c1. The van der Waals surface area contributed by atoms with Crippen molar-refractivity contribution in [3.63, 3.8) is 0 Å². The molecule has 3 amide bonds. The summed E-state index contributed by atoms with van der Waals surface area (Å²) >= 11 is 0. The lowest BCUT2D eigenvalue weighted by Gasteiger charge is -2.19. The van der Waals surface area contributed by atoms with E-state index in [4.69, 9.17) is 0 Å². The first kappa shape index (κ1) is 20.4. The topological polar surface area (TPSA) is 70.5 Å². The Morgan fingerprint density at radius 2 is 1.79 bits per heavy atom. The van der Waals surface area contributed by atoms with Crippen molar-refractivity contribution in [2.24, 2.45) is 7.05 Å². The first-order chi connectivity index (χ1) is 13.7. The minimum absolute atomic E-state index is 0.0656. The van der Waals surface area contributed by atoms with Crippen LogP contribution < -0.4 is 5.32 Å². The maximum absolute atomic E-state index is 12.7. The number of urea groups is 1. The smallest absolute Gasteiger partial charge is 0.321 e. The molecule has 0 aliphatic rings. The molecule has 7 heteroatoms. The lowest BCUT2D eigenvalue weighted by Crippen LogP contribution is -2.32. The molecule has 3 rings (SSSR count). The molecule has 1 aromatic heterocycles. The number of imidazole rings is 1. The number of nitrogens with zero attached hydrogens (tertiary/aromatic N) is 4. The summed E-state index contributed by atoms with van der Waals surface area (Å²) in [4.78, 5) is 32.6. The fourth-order valence-corrected chi connectivity index (χ4v) is 3.15. The molecule has 0 bridgehead atoms. The van der Waals surface area contributed by atoms with Crippen molar-refractivity contribution in [1.29, 1.82) is 0 Å². The molecule has 7 nitrogen and oxygen atoms in total. The number of aryl methyl sites for hydroxylation is 3. The van der Waals surface area contributed by atoms with Gasteiger partial charge in [0.1, 0.15) is 5.82 Å². The Bertz CT molecular complexity index is 1080. The molecule has 29 heavy (non-hydrogen) atoms. The van der Waals surface area contributed by atoms with Gasteiger partial charge in [0, 0.05) is 39.4 Å². The molecular formula is C22H27N5O2. The summed E-state index contributed by atoms with van der Waals surface area (Å²) in [6.07, 6.45) is 0. The van der Waals surface area contributed by atoms with Gasteiger partial charge in [-0.05, 0) is 49.2 Å². The quantitative estimate of drug-likeness (QED) is 0.737. The van der Waals surface area contributed by atoms with Gasteiger partial charge in [0.05, 0.1) is 17.6 Å². The molecule has 1 N–H and O–H groups in total. The molecule has 0 fully saturated rings. The molecule has 152 valence electrons. The van der Waals surface area contributed by atoms with Crippen LogP contribution in [0.25, 0.3) is 11.0 Å². The van der Waals surface area contributed by atoms with Crippen LogP contribution >= 0.6 is 0 Å². The summed E-state index contributed by atoms with van der Waals surface area (Å²) < 4.78 is 1.95. The lowest BCUT2D eigenvalue weighted by molar-refractivity contribution is 0.0827. The number of aromatic nitrogens is 2. The van der Waals surface area contributed by atoms with Crippen molar-refractivity contribution in [2.75, 3.05) is 26.5 Å². The van der Waals surface area contributed by atoms with Crippen LogP contribution in [0.4, 0.5) is 10.5 Å². The summed E-state index contributed by atoms with van der Waals surface area (Å²) in [5.74, 6) is 0.678. The molecule has 0 unspecified atom stereocenters.